The van der Waals surface area contributed by atoms with Crippen LogP contribution in [0.2, 0.25) is 0 Å². The second-order valence-electron chi connectivity index (χ2n) is 14.1. The number of nitro groups is 1. The highest BCUT2D eigenvalue weighted by molar-refractivity contribution is 7.90. The number of hydrogen-bond donors (Lipinski definition) is 3. The Morgan fingerprint density at radius 2 is 1.77 bits per heavy atom. The average molecular weight is 791 g/mol. The molecule has 0 radical (unpaired) electrons. The Hall–Kier alpha value is -6.32. The zero-order chi connectivity index (χ0) is 39.5. The molecule has 0 saturated carbocycles. The molecule has 6 aromatic rings. The molecule has 2 fully saturated rings. The minimum Gasteiger partial charge on any atom is -0.455 e. The van der Waals surface area contributed by atoms with Crippen molar-refractivity contribution in [2.45, 2.75) is 36.6 Å². The summed E-state index contributed by atoms with van der Waals surface area (Å²) in [6, 6.07) is 26.4. The summed E-state index contributed by atoms with van der Waals surface area (Å²) < 4.78 is 55.6. The van der Waals surface area contributed by atoms with Crippen LogP contribution >= 0.6 is 0 Å². The number of amides is 1. The molecule has 13 nitrogen and oxygen atoms in total. The highest BCUT2D eigenvalue weighted by Gasteiger charge is 2.29. The molecule has 1 unspecified atom stereocenters. The maximum absolute atomic E-state index is 14.7. The molecule has 57 heavy (non-hydrogen) atoms. The summed E-state index contributed by atoms with van der Waals surface area (Å²) in [5.74, 6) is -0.605. The van der Waals surface area contributed by atoms with E-state index in [2.05, 4.69) is 24.9 Å². The Balaban J connectivity index is 1.06. The number of carbonyl (C=O) groups excluding carboxylic acids is 1. The third-order valence-corrected chi connectivity index (χ3v) is 11.8. The zero-order valence-corrected chi connectivity index (χ0v) is 31.5. The molecule has 2 saturated heterocycles. The summed E-state index contributed by atoms with van der Waals surface area (Å²) in [7, 11) is -4.58. The fraction of sp³-hybridized carbons (Fsp3) is 0.238. The van der Waals surface area contributed by atoms with E-state index < -0.39 is 31.4 Å². The van der Waals surface area contributed by atoms with Crippen molar-refractivity contribution in [1.82, 2.24) is 14.7 Å². The van der Waals surface area contributed by atoms with E-state index in [1.807, 2.05) is 42.5 Å². The van der Waals surface area contributed by atoms with Gasteiger partial charge in [0.25, 0.3) is 21.6 Å². The van der Waals surface area contributed by atoms with Gasteiger partial charge in [-0.1, -0.05) is 36.4 Å². The lowest BCUT2D eigenvalue weighted by Gasteiger charge is -2.27. The average Bonchev–Trinajstić information content (AvgIpc) is 3.91. The minimum absolute atomic E-state index is 0.0544. The van der Waals surface area contributed by atoms with Crippen molar-refractivity contribution in [1.29, 1.82) is 0 Å². The molecule has 2 aliphatic rings. The SMILES string of the molecule is O=C(NS(=O)(=O)c1ccc(NCC2CCOCC2)c([N+](=O)[O-])c1)c1ccc(-c2ccc(N3CCCC3c3ccccc3F)cc2)cc1Oc1cnc2[nH]ccc2c1. The molecule has 0 bridgehead atoms. The Morgan fingerprint density at radius 1 is 0.982 bits per heavy atom. The number of hydrogen-bond acceptors (Lipinski definition) is 10. The van der Waals surface area contributed by atoms with Crippen LogP contribution in [0.15, 0.2) is 114 Å². The van der Waals surface area contributed by atoms with Gasteiger partial charge < -0.3 is 24.7 Å². The van der Waals surface area contributed by atoms with Gasteiger partial charge in [0.2, 0.25) is 0 Å². The highest BCUT2D eigenvalue weighted by Crippen LogP contribution is 2.39. The topological polar surface area (TPSA) is 169 Å². The van der Waals surface area contributed by atoms with E-state index in [4.69, 9.17) is 9.47 Å². The van der Waals surface area contributed by atoms with E-state index in [0.717, 1.165) is 54.9 Å². The van der Waals surface area contributed by atoms with Crippen LogP contribution in [0.1, 0.15) is 47.6 Å². The number of aromatic amines is 1. The minimum atomic E-state index is -4.58. The van der Waals surface area contributed by atoms with E-state index in [1.54, 1.807) is 30.5 Å². The number of rotatable bonds is 12. The second kappa shape index (κ2) is 16.0. The van der Waals surface area contributed by atoms with Gasteiger partial charge in [0, 0.05) is 55.2 Å². The summed E-state index contributed by atoms with van der Waals surface area (Å²) in [4.78, 5) is 34.3. The third-order valence-electron chi connectivity index (χ3n) is 10.5. The Kier molecular flexibility index (Phi) is 10.6. The normalized spacial score (nSPS) is 16.1. The number of halogens is 1. The van der Waals surface area contributed by atoms with Crippen LogP contribution in [0.25, 0.3) is 22.2 Å². The number of sulfonamides is 1. The number of carbonyl (C=O) groups is 1. The predicted molar refractivity (Wildman–Crippen MR) is 214 cm³/mol. The number of aromatic nitrogens is 2. The van der Waals surface area contributed by atoms with E-state index in [0.29, 0.717) is 42.3 Å². The largest absolute Gasteiger partial charge is 0.455 e. The first kappa shape index (κ1) is 37.6. The monoisotopic (exact) mass is 790 g/mol. The molecule has 2 aromatic heterocycles. The smallest absolute Gasteiger partial charge is 0.293 e. The molecule has 15 heteroatoms. The lowest BCUT2D eigenvalue weighted by atomic mass is 10.0. The van der Waals surface area contributed by atoms with Crippen molar-refractivity contribution < 1.29 is 32.0 Å². The maximum atomic E-state index is 14.7. The second-order valence-corrected chi connectivity index (χ2v) is 15.8. The van der Waals surface area contributed by atoms with Gasteiger partial charge in [0.05, 0.1) is 27.6 Å². The van der Waals surface area contributed by atoms with Crippen LogP contribution in [-0.2, 0) is 14.8 Å². The number of nitrogens with zero attached hydrogens (tertiary/aromatic N) is 3. The van der Waals surface area contributed by atoms with Crippen molar-refractivity contribution in [3.63, 3.8) is 0 Å². The quantitative estimate of drug-likeness (QED) is 0.0809. The van der Waals surface area contributed by atoms with Crippen LogP contribution in [0.3, 0.4) is 0 Å². The number of anilines is 2. The lowest BCUT2D eigenvalue weighted by molar-refractivity contribution is -0.384. The number of fused-ring (bicyclic) bond motifs is 1. The third kappa shape index (κ3) is 8.16. The Morgan fingerprint density at radius 3 is 2.56 bits per heavy atom. The zero-order valence-electron chi connectivity index (χ0n) is 30.7. The van der Waals surface area contributed by atoms with E-state index in [1.165, 1.54) is 30.5 Å². The molecule has 292 valence electrons. The van der Waals surface area contributed by atoms with Gasteiger partial charge in [0.1, 0.15) is 28.7 Å². The van der Waals surface area contributed by atoms with Crippen LogP contribution in [0.5, 0.6) is 11.5 Å². The Bertz CT molecular complexity index is 2560. The van der Waals surface area contributed by atoms with Gasteiger partial charge in [-0.15, -0.1) is 0 Å². The van der Waals surface area contributed by atoms with Gasteiger partial charge in [0.15, 0.2) is 0 Å². The fourth-order valence-corrected chi connectivity index (χ4v) is 8.47. The molecular formula is C42H39FN6O7S. The Labute approximate surface area is 328 Å². The van der Waals surface area contributed by atoms with Crippen molar-refractivity contribution >= 4 is 44.0 Å². The summed E-state index contributed by atoms with van der Waals surface area (Å²) in [6.45, 7) is 2.49. The van der Waals surface area contributed by atoms with Crippen LogP contribution < -0.4 is 19.7 Å². The molecule has 8 rings (SSSR count). The molecule has 0 spiro atoms. The predicted octanol–water partition coefficient (Wildman–Crippen LogP) is 8.37. The van der Waals surface area contributed by atoms with Crippen molar-refractivity contribution in [2.75, 3.05) is 36.5 Å². The number of nitro benzene ring substituents is 1. The fourth-order valence-electron chi connectivity index (χ4n) is 7.49. The van der Waals surface area contributed by atoms with E-state index in [9.17, 15) is 27.7 Å². The number of ether oxygens (including phenoxy) is 2. The number of pyridine rings is 1. The first-order valence-electron chi connectivity index (χ1n) is 18.7. The van der Waals surface area contributed by atoms with Crippen LogP contribution in [0, 0.1) is 21.8 Å². The lowest BCUT2D eigenvalue weighted by Crippen LogP contribution is -2.31. The molecule has 3 N–H and O–H groups in total. The summed E-state index contributed by atoms with van der Waals surface area (Å²) in [5.41, 5.74) is 3.36. The molecule has 4 aromatic carbocycles. The van der Waals surface area contributed by atoms with Crippen molar-refractivity contribution in [3.8, 4) is 22.6 Å². The molecule has 1 amide bonds. The summed E-state index contributed by atoms with van der Waals surface area (Å²) in [6.07, 6.45) is 6.61. The molecular weight excluding hydrogens is 752 g/mol. The van der Waals surface area contributed by atoms with Gasteiger partial charge in [-0.25, -0.2) is 22.5 Å². The van der Waals surface area contributed by atoms with E-state index in [-0.39, 0.29) is 34.8 Å². The molecule has 4 heterocycles. The van der Waals surface area contributed by atoms with Gasteiger partial charge in [-0.2, -0.15) is 0 Å². The van der Waals surface area contributed by atoms with Crippen LogP contribution in [0.4, 0.5) is 21.5 Å². The maximum Gasteiger partial charge on any atom is 0.293 e. The standard InChI is InChI=1S/C42H39FN6O7S/c43-36-5-2-1-4-34(36)38-6-3-19-48(38)31-10-7-28(8-11-31)29-9-13-35(40(23-29)56-32-22-30-15-18-44-41(30)46-26-32)42(50)47-57(53,54)33-12-14-37(39(24-33)49(51)52)45-25-27-16-20-55-21-17-27/h1-2,4-5,7-15,18,22-24,26-27,38,45H,3,6,16-17,19-21,25H2,(H,44,46)(H,47,50). The van der Waals surface area contributed by atoms with Gasteiger partial charge >= 0.3 is 0 Å². The summed E-state index contributed by atoms with van der Waals surface area (Å²) in [5, 5.41) is 15.9. The summed E-state index contributed by atoms with van der Waals surface area (Å²) >= 11 is 0. The van der Waals surface area contributed by atoms with E-state index >= 15 is 0 Å². The van der Waals surface area contributed by atoms with Crippen molar-refractivity contribution in [2.24, 2.45) is 5.92 Å². The molecule has 0 aliphatic carbocycles. The van der Waals surface area contributed by atoms with Gasteiger partial charge in [-0.05, 0) is 97.3 Å². The van der Waals surface area contributed by atoms with Crippen LogP contribution in [-0.4, -0.2) is 55.5 Å². The number of H-pyrrole nitrogens is 1. The first-order chi connectivity index (χ1) is 27.6. The number of benzene rings is 4. The molecule has 1 atom stereocenters. The first-order valence-corrected chi connectivity index (χ1v) is 20.1. The van der Waals surface area contributed by atoms with Crippen molar-refractivity contribution in [3.05, 3.63) is 137 Å². The van der Waals surface area contributed by atoms with Gasteiger partial charge in [-0.3, -0.25) is 14.9 Å². The number of nitrogens with one attached hydrogen (secondary N) is 3. The highest BCUT2D eigenvalue weighted by atomic mass is 32.2. The molecule has 2 aliphatic heterocycles.